The molecule has 1 aromatic heterocycles. The van der Waals surface area contributed by atoms with Crippen molar-refractivity contribution in [2.24, 2.45) is 5.41 Å². The molecule has 0 unspecified atom stereocenters. The molecule has 1 N–H and O–H groups in total. The lowest BCUT2D eigenvalue weighted by Crippen LogP contribution is -2.18. The van der Waals surface area contributed by atoms with Gasteiger partial charge < -0.3 is 14.3 Å². The molecule has 2 aromatic rings. The Morgan fingerprint density at radius 2 is 2.11 bits per heavy atom. The van der Waals surface area contributed by atoms with Gasteiger partial charge in [0.05, 0.1) is 18.1 Å². The molecule has 0 aliphatic carbocycles. The average molecular weight is 264 g/mol. The number of imidazole rings is 1. The van der Waals surface area contributed by atoms with Crippen molar-refractivity contribution >= 4 is 23.3 Å². The van der Waals surface area contributed by atoms with Gasteiger partial charge in [0, 0.05) is 12.6 Å². The minimum absolute atomic E-state index is 0.243. The molecule has 0 atom stereocenters. The molecule has 98 valence electrons. The smallest absolute Gasteiger partial charge is 0.178 e. The van der Waals surface area contributed by atoms with Crippen LogP contribution in [0.3, 0.4) is 0 Å². The second-order valence-electron chi connectivity index (χ2n) is 5.42. The number of nitrogens with one attached hydrogen (secondary N) is 1. The summed E-state index contributed by atoms with van der Waals surface area (Å²) < 4.78 is 8.18. The molecule has 1 aromatic carbocycles. The zero-order valence-corrected chi connectivity index (χ0v) is 12.2. The quantitative estimate of drug-likeness (QED) is 0.841. The molecular weight excluding hydrogens is 244 g/mol. The Hall–Kier alpha value is -1.29. The van der Waals surface area contributed by atoms with E-state index >= 15 is 0 Å². The van der Waals surface area contributed by atoms with Crippen molar-refractivity contribution < 1.29 is 4.74 Å². The summed E-state index contributed by atoms with van der Waals surface area (Å²) in [5.74, 6) is 0.848. The lowest BCUT2D eigenvalue weighted by atomic mass is 9.90. The Labute approximate surface area is 113 Å². The summed E-state index contributed by atoms with van der Waals surface area (Å²) in [6.07, 6.45) is 1.12. The molecule has 0 radical (unpaired) electrons. The standard InChI is InChI=1S/C14H20N2OS/c1-5-14(2,3)9-16-12-7-6-10(17-4)8-11(12)15-13(16)18/h6-8H,5,9H2,1-4H3,(H,15,18). The van der Waals surface area contributed by atoms with E-state index in [9.17, 15) is 0 Å². The van der Waals surface area contributed by atoms with Crippen molar-refractivity contribution in [3.8, 4) is 5.75 Å². The maximum absolute atomic E-state index is 5.41. The zero-order valence-electron chi connectivity index (χ0n) is 11.4. The number of hydrogen-bond acceptors (Lipinski definition) is 2. The molecule has 0 spiro atoms. The summed E-state index contributed by atoms with van der Waals surface area (Å²) in [5.41, 5.74) is 2.42. The minimum Gasteiger partial charge on any atom is -0.497 e. The Morgan fingerprint density at radius 1 is 1.39 bits per heavy atom. The van der Waals surface area contributed by atoms with Gasteiger partial charge in [0.15, 0.2) is 4.77 Å². The van der Waals surface area contributed by atoms with Crippen LogP contribution in [0.2, 0.25) is 0 Å². The molecule has 4 heteroatoms. The summed E-state index contributed by atoms with van der Waals surface area (Å²) in [7, 11) is 1.67. The van der Waals surface area contributed by atoms with Gasteiger partial charge in [-0.1, -0.05) is 20.8 Å². The van der Waals surface area contributed by atoms with E-state index in [-0.39, 0.29) is 5.41 Å². The van der Waals surface area contributed by atoms with E-state index in [0.717, 1.165) is 34.5 Å². The molecule has 0 bridgehead atoms. The number of H-pyrrole nitrogens is 1. The first kappa shape index (κ1) is 13.1. The summed E-state index contributed by atoms with van der Waals surface area (Å²) in [6.45, 7) is 7.66. The minimum atomic E-state index is 0.243. The molecule has 0 fully saturated rings. The van der Waals surface area contributed by atoms with E-state index in [1.165, 1.54) is 0 Å². The number of aromatic amines is 1. The first-order valence-corrected chi connectivity index (χ1v) is 6.64. The molecule has 0 saturated heterocycles. The molecular formula is C14H20N2OS. The van der Waals surface area contributed by atoms with Crippen molar-refractivity contribution in [1.29, 1.82) is 0 Å². The molecule has 0 amide bonds. The van der Waals surface area contributed by atoms with Crippen LogP contribution >= 0.6 is 12.2 Å². The van der Waals surface area contributed by atoms with E-state index in [4.69, 9.17) is 17.0 Å². The highest BCUT2D eigenvalue weighted by Crippen LogP contribution is 2.26. The van der Waals surface area contributed by atoms with Gasteiger partial charge in [-0.25, -0.2) is 0 Å². The largest absolute Gasteiger partial charge is 0.497 e. The van der Waals surface area contributed by atoms with Gasteiger partial charge in [0.2, 0.25) is 0 Å². The molecule has 1 heterocycles. The number of ether oxygens (including phenoxy) is 1. The van der Waals surface area contributed by atoms with Gasteiger partial charge in [-0.15, -0.1) is 0 Å². The van der Waals surface area contributed by atoms with Gasteiger partial charge in [-0.05, 0) is 36.2 Å². The van der Waals surface area contributed by atoms with Crippen LogP contribution < -0.4 is 4.74 Å². The average Bonchev–Trinajstić information content (AvgIpc) is 2.64. The van der Waals surface area contributed by atoms with Gasteiger partial charge in [0.25, 0.3) is 0 Å². The fourth-order valence-electron chi connectivity index (χ4n) is 1.97. The first-order valence-electron chi connectivity index (χ1n) is 6.23. The van der Waals surface area contributed by atoms with Crippen molar-refractivity contribution in [2.45, 2.75) is 33.7 Å². The van der Waals surface area contributed by atoms with Crippen molar-refractivity contribution in [2.75, 3.05) is 7.11 Å². The number of fused-ring (bicyclic) bond motifs is 1. The monoisotopic (exact) mass is 264 g/mol. The Kier molecular flexibility index (Phi) is 3.48. The number of hydrogen-bond donors (Lipinski definition) is 1. The summed E-state index contributed by atoms with van der Waals surface area (Å²) in [6, 6.07) is 6.02. The van der Waals surface area contributed by atoms with Gasteiger partial charge in [0.1, 0.15) is 5.75 Å². The summed E-state index contributed by atoms with van der Waals surface area (Å²) in [4.78, 5) is 3.25. The second kappa shape index (κ2) is 4.76. The van der Waals surface area contributed by atoms with Crippen LogP contribution in [0.4, 0.5) is 0 Å². The molecule has 0 aliphatic heterocycles. The van der Waals surface area contributed by atoms with Crippen LogP contribution in [-0.4, -0.2) is 16.7 Å². The van der Waals surface area contributed by atoms with Crippen LogP contribution in [0.1, 0.15) is 27.2 Å². The van der Waals surface area contributed by atoms with Crippen LogP contribution in [-0.2, 0) is 6.54 Å². The normalized spacial score (nSPS) is 12.0. The Morgan fingerprint density at radius 3 is 2.72 bits per heavy atom. The third-order valence-electron chi connectivity index (χ3n) is 3.52. The number of nitrogens with zero attached hydrogens (tertiary/aromatic N) is 1. The highest BCUT2D eigenvalue weighted by atomic mass is 32.1. The van der Waals surface area contributed by atoms with Crippen LogP contribution in [0.25, 0.3) is 11.0 Å². The molecule has 2 rings (SSSR count). The second-order valence-corrected chi connectivity index (χ2v) is 5.80. The maximum atomic E-state index is 5.41. The van der Waals surface area contributed by atoms with E-state index in [0.29, 0.717) is 0 Å². The Bertz CT molecular complexity index is 610. The van der Waals surface area contributed by atoms with E-state index in [1.54, 1.807) is 7.11 Å². The third-order valence-corrected chi connectivity index (χ3v) is 3.85. The summed E-state index contributed by atoms with van der Waals surface area (Å²) in [5, 5.41) is 0. The van der Waals surface area contributed by atoms with Crippen molar-refractivity contribution in [3.05, 3.63) is 23.0 Å². The first-order chi connectivity index (χ1) is 8.46. The number of benzene rings is 1. The summed E-state index contributed by atoms with van der Waals surface area (Å²) >= 11 is 5.41. The highest BCUT2D eigenvalue weighted by Gasteiger charge is 2.18. The lowest BCUT2D eigenvalue weighted by Gasteiger charge is -2.23. The van der Waals surface area contributed by atoms with Crippen LogP contribution in [0.5, 0.6) is 5.75 Å². The molecule has 0 aliphatic rings. The fraction of sp³-hybridized carbons (Fsp3) is 0.500. The topological polar surface area (TPSA) is 29.9 Å². The van der Waals surface area contributed by atoms with Crippen molar-refractivity contribution in [1.82, 2.24) is 9.55 Å². The van der Waals surface area contributed by atoms with Gasteiger partial charge >= 0.3 is 0 Å². The van der Waals surface area contributed by atoms with E-state index in [2.05, 4.69) is 36.4 Å². The molecule has 18 heavy (non-hydrogen) atoms. The van der Waals surface area contributed by atoms with Gasteiger partial charge in [-0.2, -0.15) is 0 Å². The third kappa shape index (κ3) is 2.43. The SMILES string of the molecule is CCC(C)(C)Cn1c(=S)[nH]c2cc(OC)ccc21. The predicted molar refractivity (Wildman–Crippen MR) is 77.7 cm³/mol. The Balaban J connectivity index is 2.51. The van der Waals surface area contributed by atoms with Crippen LogP contribution in [0.15, 0.2) is 18.2 Å². The molecule has 3 nitrogen and oxygen atoms in total. The highest BCUT2D eigenvalue weighted by molar-refractivity contribution is 7.71. The number of rotatable bonds is 4. The van der Waals surface area contributed by atoms with Crippen molar-refractivity contribution in [3.63, 3.8) is 0 Å². The molecule has 0 saturated carbocycles. The van der Waals surface area contributed by atoms with E-state index < -0.39 is 0 Å². The maximum Gasteiger partial charge on any atom is 0.178 e. The van der Waals surface area contributed by atoms with Crippen LogP contribution in [0, 0.1) is 10.2 Å². The van der Waals surface area contributed by atoms with Gasteiger partial charge in [-0.3, -0.25) is 0 Å². The lowest BCUT2D eigenvalue weighted by molar-refractivity contribution is 0.297. The predicted octanol–water partition coefficient (Wildman–Crippen LogP) is 4.14. The number of aromatic nitrogens is 2. The zero-order chi connectivity index (χ0) is 13.3. The van der Waals surface area contributed by atoms with E-state index in [1.807, 2.05) is 12.1 Å². The number of methoxy groups -OCH3 is 1. The fourth-order valence-corrected chi connectivity index (χ4v) is 2.24.